The summed E-state index contributed by atoms with van der Waals surface area (Å²) >= 11 is 0. The number of anilines is 2. The number of H-pyrrole nitrogens is 1. The van der Waals surface area contributed by atoms with E-state index >= 15 is 0 Å². The number of methoxy groups -OCH3 is 2. The third kappa shape index (κ3) is 9.45. The summed E-state index contributed by atoms with van der Waals surface area (Å²) in [4.78, 5) is 2.49. The van der Waals surface area contributed by atoms with E-state index in [-0.39, 0.29) is 41.2 Å². The van der Waals surface area contributed by atoms with Crippen molar-refractivity contribution in [1.29, 1.82) is 0 Å². The molecule has 1 fully saturated rings. The van der Waals surface area contributed by atoms with Crippen LogP contribution in [0.25, 0.3) is 0 Å². The average Bonchev–Trinajstić information content (AvgIpc) is 3.77. The molecule has 1 N–H and O–H groups in total. The first kappa shape index (κ1) is 43.0. The van der Waals surface area contributed by atoms with Gasteiger partial charge in [-0.1, -0.05) is 58.7 Å². The highest BCUT2D eigenvalue weighted by atomic mass is 32.2. The van der Waals surface area contributed by atoms with E-state index in [2.05, 4.69) is 31.6 Å². The van der Waals surface area contributed by atoms with Gasteiger partial charge in [0.25, 0.3) is 16.0 Å². The molecule has 60 heavy (non-hydrogen) atoms. The Morgan fingerprint density at radius 3 is 2.27 bits per heavy atom. The number of piperidine rings is 1. The van der Waals surface area contributed by atoms with E-state index in [9.17, 15) is 16.8 Å². The molecule has 15 nitrogen and oxygen atoms in total. The molecule has 7 rings (SSSR count). The van der Waals surface area contributed by atoms with Crippen molar-refractivity contribution in [3.8, 4) is 11.5 Å². The second-order valence-electron chi connectivity index (χ2n) is 15.4. The first-order valence-electron chi connectivity index (χ1n) is 20.1. The van der Waals surface area contributed by atoms with Crippen LogP contribution >= 0.6 is 0 Å². The Morgan fingerprint density at radius 2 is 1.62 bits per heavy atom. The summed E-state index contributed by atoms with van der Waals surface area (Å²) in [6, 6.07) is 25.6. The normalized spacial score (nSPS) is 19.0. The predicted octanol–water partition coefficient (Wildman–Crippen LogP) is 5.87. The summed E-state index contributed by atoms with van der Waals surface area (Å²) in [6.45, 7) is 8.58. The molecule has 4 atom stereocenters. The Hall–Kier alpha value is -5.07. The molecular weight excluding hydrogens is 807 g/mol. The van der Waals surface area contributed by atoms with Gasteiger partial charge in [0, 0.05) is 44.8 Å². The first-order valence-corrected chi connectivity index (χ1v) is 23.0. The third-order valence-electron chi connectivity index (χ3n) is 11.3. The van der Waals surface area contributed by atoms with Crippen LogP contribution in [-0.4, -0.2) is 107 Å². The largest absolute Gasteiger partial charge is 0.497 e. The number of aryl methyl sites for hydroxylation is 2. The number of fused-ring (bicyclic) bond motifs is 1. The zero-order chi connectivity index (χ0) is 42.4. The molecule has 0 saturated carbocycles. The van der Waals surface area contributed by atoms with Gasteiger partial charge in [-0.2, -0.15) is 4.31 Å². The lowest BCUT2D eigenvalue weighted by Gasteiger charge is -2.44. The molecule has 5 aromatic rings. The number of aromatic amines is 1. The fourth-order valence-corrected chi connectivity index (χ4v) is 11.3. The van der Waals surface area contributed by atoms with Crippen LogP contribution in [0.1, 0.15) is 54.4 Å². The molecule has 4 aromatic carbocycles. The zero-order valence-corrected chi connectivity index (χ0v) is 36.2. The van der Waals surface area contributed by atoms with Crippen LogP contribution in [0.15, 0.2) is 101 Å². The SMILES string of the molecule is COCCCN1CCOc2ccc(CO[C@H]3CN(S(=O)(=O)c4ccc(C)cc4)[C@H](C[C@H](C)N(c4nnn[nH]4)S(=O)(=O)c4ccc(C)cc4)C[C@@H]3c3ccc(OC)cc3)cc21. The van der Waals surface area contributed by atoms with Gasteiger partial charge in [-0.25, -0.2) is 26.2 Å². The van der Waals surface area contributed by atoms with Crippen LogP contribution < -0.4 is 18.7 Å². The van der Waals surface area contributed by atoms with E-state index in [4.69, 9.17) is 18.9 Å². The lowest BCUT2D eigenvalue weighted by Crippen LogP contribution is -2.54. The van der Waals surface area contributed by atoms with Crippen LogP contribution in [0.2, 0.25) is 0 Å². The lowest BCUT2D eigenvalue weighted by molar-refractivity contribution is -0.0213. The van der Waals surface area contributed by atoms with Gasteiger partial charge in [-0.15, -0.1) is 0 Å². The van der Waals surface area contributed by atoms with Gasteiger partial charge < -0.3 is 23.8 Å². The quantitative estimate of drug-likeness (QED) is 0.111. The minimum Gasteiger partial charge on any atom is -0.497 e. The number of ether oxygens (including phenoxy) is 4. The average molecular weight is 860 g/mol. The molecule has 2 aliphatic heterocycles. The molecule has 320 valence electrons. The van der Waals surface area contributed by atoms with Crippen molar-refractivity contribution in [2.24, 2.45) is 0 Å². The van der Waals surface area contributed by atoms with Crippen molar-refractivity contribution in [2.45, 2.75) is 80.5 Å². The van der Waals surface area contributed by atoms with E-state index in [1.807, 2.05) is 50.2 Å². The Kier molecular flexibility index (Phi) is 13.4. The van der Waals surface area contributed by atoms with Crippen LogP contribution in [0.4, 0.5) is 11.6 Å². The number of hydrogen-bond donors (Lipinski definition) is 1. The van der Waals surface area contributed by atoms with E-state index < -0.39 is 38.2 Å². The van der Waals surface area contributed by atoms with Gasteiger partial charge in [0.05, 0.1) is 41.8 Å². The second kappa shape index (κ2) is 18.7. The van der Waals surface area contributed by atoms with Gasteiger partial charge in [-0.3, -0.25) is 0 Å². The van der Waals surface area contributed by atoms with Gasteiger partial charge >= 0.3 is 0 Å². The summed E-state index contributed by atoms with van der Waals surface area (Å²) < 4.78 is 84.7. The van der Waals surface area contributed by atoms with Crippen molar-refractivity contribution in [1.82, 2.24) is 24.9 Å². The molecule has 0 spiro atoms. The molecule has 0 amide bonds. The molecule has 0 aliphatic carbocycles. The topological polar surface area (TPSA) is 169 Å². The van der Waals surface area contributed by atoms with Crippen molar-refractivity contribution >= 4 is 31.7 Å². The van der Waals surface area contributed by atoms with Crippen molar-refractivity contribution in [3.05, 3.63) is 113 Å². The summed E-state index contributed by atoms with van der Waals surface area (Å²) in [6.07, 6.45) is 0.726. The molecule has 2 aliphatic rings. The molecule has 3 heterocycles. The fraction of sp³-hybridized carbons (Fsp3) is 0.419. The second-order valence-corrected chi connectivity index (χ2v) is 19.1. The van der Waals surface area contributed by atoms with Crippen LogP contribution in [0.3, 0.4) is 0 Å². The van der Waals surface area contributed by atoms with Crippen LogP contribution in [-0.2, 0) is 36.1 Å². The van der Waals surface area contributed by atoms with Crippen molar-refractivity contribution < 1.29 is 35.8 Å². The Bertz CT molecular complexity index is 2400. The fourth-order valence-electron chi connectivity index (χ4n) is 8.10. The highest BCUT2D eigenvalue weighted by Gasteiger charge is 2.45. The summed E-state index contributed by atoms with van der Waals surface area (Å²) in [7, 11) is -5.03. The highest BCUT2D eigenvalue weighted by molar-refractivity contribution is 7.92. The number of rotatable bonds is 17. The van der Waals surface area contributed by atoms with Gasteiger partial charge in [0.15, 0.2) is 0 Å². The summed E-state index contributed by atoms with van der Waals surface area (Å²) in [5, 5.41) is 14.0. The molecule has 1 saturated heterocycles. The number of hydrogen-bond acceptors (Lipinski definition) is 12. The Balaban J connectivity index is 1.24. The number of sulfonamides is 2. The number of benzene rings is 4. The van der Waals surface area contributed by atoms with Crippen molar-refractivity contribution in [3.63, 3.8) is 0 Å². The maximum absolute atomic E-state index is 14.8. The van der Waals surface area contributed by atoms with Gasteiger partial charge in [0.1, 0.15) is 18.1 Å². The van der Waals surface area contributed by atoms with Crippen LogP contribution in [0, 0.1) is 13.8 Å². The molecule has 1 aromatic heterocycles. The Morgan fingerprint density at radius 1 is 0.917 bits per heavy atom. The van der Waals surface area contributed by atoms with Gasteiger partial charge in [0.2, 0.25) is 10.0 Å². The number of tetrazole rings is 1. The minimum absolute atomic E-state index is 0.00998. The smallest absolute Gasteiger partial charge is 0.266 e. The Labute approximate surface area is 352 Å². The highest BCUT2D eigenvalue weighted by Crippen LogP contribution is 2.41. The van der Waals surface area contributed by atoms with Gasteiger partial charge in [-0.05, 0) is 110 Å². The first-order chi connectivity index (χ1) is 28.9. The standard InChI is InChI=1S/C43H53N7O8S2/c1-30-7-16-37(17-8-30)59(51,52)49-28-42(58-29-33-11-20-41-40(26-33)48(22-24-57-41)21-6-23-55-4)39(34-12-14-36(56-5)15-13-34)27-35(49)25-32(3)50(43-44-46-47-45-43)60(53,54)38-18-9-31(2)10-19-38/h7-20,26,32,35,39,42H,6,21-25,27-29H2,1-5H3,(H,44,45,46,47)/t32-,35+,39+,42-/m0/s1. The molecule has 0 radical (unpaired) electrons. The molecule has 0 bridgehead atoms. The third-order valence-corrected chi connectivity index (χ3v) is 15.1. The van der Waals surface area contributed by atoms with E-state index in [1.54, 1.807) is 69.7 Å². The molecule has 0 unspecified atom stereocenters. The van der Waals surface area contributed by atoms with Crippen LogP contribution in [0.5, 0.6) is 11.5 Å². The predicted molar refractivity (Wildman–Crippen MR) is 228 cm³/mol. The molecule has 17 heteroatoms. The van der Waals surface area contributed by atoms with E-state index in [0.29, 0.717) is 25.4 Å². The number of aromatic nitrogens is 4. The van der Waals surface area contributed by atoms with E-state index in [0.717, 1.165) is 57.5 Å². The zero-order valence-electron chi connectivity index (χ0n) is 34.6. The maximum Gasteiger partial charge on any atom is 0.266 e. The maximum atomic E-state index is 14.8. The van der Waals surface area contributed by atoms with Crippen molar-refractivity contribution in [2.75, 3.05) is 56.3 Å². The van der Waals surface area contributed by atoms with E-state index in [1.165, 1.54) is 4.31 Å². The monoisotopic (exact) mass is 859 g/mol. The summed E-state index contributed by atoms with van der Waals surface area (Å²) in [5.74, 6) is 1.14. The lowest BCUT2D eigenvalue weighted by atomic mass is 9.82. The number of nitrogens with one attached hydrogen (secondary N) is 1. The molecular formula is C43H53N7O8S2. The number of nitrogens with zero attached hydrogens (tertiary/aromatic N) is 6. The minimum atomic E-state index is -4.21. The summed E-state index contributed by atoms with van der Waals surface area (Å²) in [5.41, 5.74) is 4.67.